The lowest BCUT2D eigenvalue weighted by atomic mass is 9.88. The number of hydrogen-bond donors (Lipinski definition) is 1. The molecule has 2 aliphatic rings. The zero-order valence-corrected chi connectivity index (χ0v) is 13.4. The molecule has 0 spiro atoms. The molecule has 3 rings (SSSR count). The summed E-state index contributed by atoms with van der Waals surface area (Å²) in [4.78, 5) is 9.63. The van der Waals surface area contributed by atoms with Crippen molar-refractivity contribution in [2.75, 3.05) is 11.9 Å². The topological polar surface area (TPSA) is 47.0 Å². The molecule has 4 heteroatoms. The van der Waals surface area contributed by atoms with E-state index in [0.717, 1.165) is 43.1 Å². The van der Waals surface area contributed by atoms with Gasteiger partial charge in [0, 0.05) is 24.2 Å². The van der Waals surface area contributed by atoms with Crippen LogP contribution in [0.25, 0.3) is 0 Å². The molecular formula is C17H27N3O. The molecule has 0 saturated carbocycles. The number of ether oxygens (including phenoxy) is 1. The van der Waals surface area contributed by atoms with Crippen LogP contribution in [0.4, 0.5) is 5.82 Å². The molecule has 1 N–H and O–H groups in total. The van der Waals surface area contributed by atoms with Crippen molar-refractivity contribution in [2.24, 2.45) is 5.92 Å². The van der Waals surface area contributed by atoms with E-state index in [-0.39, 0.29) is 0 Å². The molecule has 2 aliphatic heterocycles. The fraction of sp³-hybridized carbons (Fsp3) is 0.765. The Balaban J connectivity index is 1.83. The Morgan fingerprint density at radius 2 is 2.19 bits per heavy atom. The number of nitrogens with zero attached hydrogens (tertiary/aromatic N) is 2. The third-order valence-electron chi connectivity index (χ3n) is 4.41. The second kappa shape index (κ2) is 6.30. The summed E-state index contributed by atoms with van der Waals surface area (Å²) in [6.45, 7) is 7.61. The van der Waals surface area contributed by atoms with Crippen LogP contribution in [0.15, 0.2) is 6.07 Å². The predicted molar refractivity (Wildman–Crippen MR) is 84.6 cm³/mol. The summed E-state index contributed by atoms with van der Waals surface area (Å²) in [7, 11) is 0. The zero-order valence-electron chi connectivity index (χ0n) is 13.4. The molecule has 1 aromatic rings. The van der Waals surface area contributed by atoms with Crippen molar-refractivity contribution >= 4 is 5.82 Å². The Hall–Kier alpha value is -1.16. The maximum Gasteiger partial charge on any atom is 0.136 e. The summed E-state index contributed by atoms with van der Waals surface area (Å²) < 4.78 is 5.98. The van der Waals surface area contributed by atoms with E-state index < -0.39 is 0 Å². The van der Waals surface area contributed by atoms with Crippen LogP contribution in [0.3, 0.4) is 0 Å². The lowest BCUT2D eigenvalue weighted by molar-refractivity contribution is 0.0998. The van der Waals surface area contributed by atoms with Crippen LogP contribution in [0.2, 0.25) is 0 Å². The van der Waals surface area contributed by atoms with E-state index in [1.165, 1.54) is 12.8 Å². The molecule has 0 aromatic carbocycles. The molecule has 3 heterocycles. The molecule has 0 amide bonds. The Kier molecular flexibility index (Phi) is 4.43. The van der Waals surface area contributed by atoms with Crippen molar-refractivity contribution < 1.29 is 4.74 Å². The molecule has 0 radical (unpaired) electrons. The number of hydrogen-bond acceptors (Lipinski definition) is 4. The first kappa shape index (κ1) is 14.8. The van der Waals surface area contributed by atoms with Gasteiger partial charge < -0.3 is 10.1 Å². The third kappa shape index (κ3) is 3.37. The largest absolute Gasteiger partial charge is 0.374 e. The van der Waals surface area contributed by atoms with Crippen LogP contribution in [-0.4, -0.2) is 28.7 Å². The van der Waals surface area contributed by atoms with Crippen LogP contribution in [-0.2, 0) is 11.2 Å². The van der Waals surface area contributed by atoms with Crippen molar-refractivity contribution in [3.8, 4) is 0 Å². The molecule has 2 fully saturated rings. The monoisotopic (exact) mass is 289 g/mol. The first-order chi connectivity index (χ1) is 10.2. The Bertz CT molecular complexity index is 489. The van der Waals surface area contributed by atoms with Gasteiger partial charge in [-0.2, -0.15) is 0 Å². The minimum absolute atomic E-state index is 0.350. The smallest absolute Gasteiger partial charge is 0.136 e. The van der Waals surface area contributed by atoms with E-state index in [0.29, 0.717) is 24.0 Å². The quantitative estimate of drug-likeness (QED) is 0.870. The predicted octanol–water partition coefficient (Wildman–Crippen LogP) is 3.53. The third-order valence-corrected chi connectivity index (χ3v) is 4.41. The minimum atomic E-state index is 0.350. The van der Waals surface area contributed by atoms with E-state index in [2.05, 4.69) is 32.2 Å². The van der Waals surface area contributed by atoms with Gasteiger partial charge in [0.25, 0.3) is 0 Å². The maximum atomic E-state index is 5.98. The van der Waals surface area contributed by atoms with Gasteiger partial charge in [-0.05, 0) is 38.0 Å². The summed E-state index contributed by atoms with van der Waals surface area (Å²) in [5.74, 6) is 3.00. The first-order valence-electron chi connectivity index (χ1n) is 8.43. The van der Waals surface area contributed by atoms with Crippen LogP contribution >= 0.6 is 0 Å². The van der Waals surface area contributed by atoms with Crippen molar-refractivity contribution in [3.63, 3.8) is 0 Å². The zero-order chi connectivity index (χ0) is 14.8. The normalized spacial score (nSPS) is 27.5. The lowest BCUT2D eigenvalue weighted by Gasteiger charge is -2.19. The summed E-state index contributed by atoms with van der Waals surface area (Å²) >= 11 is 0. The highest BCUT2D eigenvalue weighted by Gasteiger charge is 2.43. The summed E-state index contributed by atoms with van der Waals surface area (Å²) in [6, 6.07) is 2.12. The Morgan fingerprint density at radius 1 is 1.33 bits per heavy atom. The number of fused-ring (bicyclic) bond motifs is 2. The van der Waals surface area contributed by atoms with Crippen LogP contribution in [0.1, 0.15) is 63.9 Å². The average molecular weight is 289 g/mol. The molecule has 21 heavy (non-hydrogen) atoms. The van der Waals surface area contributed by atoms with Crippen LogP contribution in [0, 0.1) is 5.92 Å². The van der Waals surface area contributed by atoms with Gasteiger partial charge in [-0.3, -0.25) is 0 Å². The molecule has 116 valence electrons. The van der Waals surface area contributed by atoms with Gasteiger partial charge in [0.05, 0.1) is 12.2 Å². The second-order valence-corrected chi connectivity index (χ2v) is 6.84. The molecule has 0 aliphatic carbocycles. The molecule has 4 nitrogen and oxygen atoms in total. The van der Waals surface area contributed by atoms with Gasteiger partial charge in [-0.1, -0.05) is 20.8 Å². The highest BCUT2D eigenvalue weighted by molar-refractivity contribution is 5.37. The van der Waals surface area contributed by atoms with Crippen molar-refractivity contribution in [1.82, 2.24) is 9.97 Å². The Morgan fingerprint density at radius 3 is 2.81 bits per heavy atom. The summed E-state index contributed by atoms with van der Waals surface area (Å²) in [5, 5.41) is 3.42. The SMILES string of the molecule is CCCNc1cc(CC(C)C)nc(C2CC3CCC2O3)n1. The molecule has 2 saturated heterocycles. The van der Waals surface area contributed by atoms with E-state index in [1.54, 1.807) is 0 Å². The van der Waals surface area contributed by atoms with E-state index in [4.69, 9.17) is 14.7 Å². The highest BCUT2D eigenvalue weighted by atomic mass is 16.5. The second-order valence-electron chi connectivity index (χ2n) is 6.84. The molecule has 1 aromatic heterocycles. The van der Waals surface area contributed by atoms with Gasteiger partial charge in [-0.25, -0.2) is 9.97 Å². The van der Waals surface area contributed by atoms with Gasteiger partial charge in [-0.15, -0.1) is 0 Å². The fourth-order valence-electron chi connectivity index (χ4n) is 3.46. The number of nitrogens with one attached hydrogen (secondary N) is 1. The van der Waals surface area contributed by atoms with Crippen LogP contribution in [0.5, 0.6) is 0 Å². The van der Waals surface area contributed by atoms with E-state index >= 15 is 0 Å². The number of aromatic nitrogens is 2. The van der Waals surface area contributed by atoms with Gasteiger partial charge in [0.1, 0.15) is 11.6 Å². The fourth-order valence-corrected chi connectivity index (χ4v) is 3.46. The standard InChI is InChI=1S/C17H27N3O/c1-4-7-18-16-9-12(8-11(2)3)19-17(20-16)14-10-13-5-6-15(14)21-13/h9,11,13-15H,4-8,10H2,1-3H3,(H,18,19,20). The maximum absolute atomic E-state index is 5.98. The first-order valence-corrected chi connectivity index (χ1v) is 8.43. The molecule has 3 atom stereocenters. The Labute approximate surface area is 127 Å². The van der Waals surface area contributed by atoms with E-state index in [9.17, 15) is 0 Å². The van der Waals surface area contributed by atoms with Crippen molar-refractivity contribution in [3.05, 3.63) is 17.6 Å². The lowest BCUT2D eigenvalue weighted by Crippen LogP contribution is -2.19. The van der Waals surface area contributed by atoms with Crippen molar-refractivity contribution in [1.29, 1.82) is 0 Å². The minimum Gasteiger partial charge on any atom is -0.374 e. The molecular weight excluding hydrogens is 262 g/mol. The number of anilines is 1. The summed E-state index contributed by atoms with van der Waals surface area (Å²) in [5.41, 5.74) is 1.16. The summed E-state index contributed by atoms with van der Waals surface area (Å²) in [6.07, 6.45) is 6.41. The average Bonchev–Trinajstić information content (AvgIpc) is 3.06. The van der Waals surface area contributed by atoms with Gasteiger partial charge in [0.2, 0.25) is 0 Å². The highest BCUT2D eigenvalue weighted by Crippen LogP contribution is 2.43. The number of rotatable bonds is 6. The molecule has 3 unspecified atom stereocenters. The van der Waals surface area contributed by atoms with Gasteiger partial charge in [0.15, 0.2) is 0 Å². The molecule has 2 bridgehead atoms. The van der Waals surface area contributed by atoms with Gasteiger partial charge >= 0.3 is 0 Å². The van der Waals surface area contributed by atoms with E-state index in [1.807, 2.05) is 0 Å². The van der Waals surface area contributed by atoms with Crippen LogP contribution < -0.4 is 5.32 Å². The van der Waals surface area contributed by atoms with Crippen molar-refractivity contribution in [2.45, 2.75) is 71.0 Å².